The lowest BCUT2D eigenvalue weighted by atomic mass is 9.90. The van der Waals surface area contributed by atoms with Gasteiger partial charge in [0.1, 0.15) is 11.6 Å². The Bertz CT molecular complexity index is 1330. The molecule has 9 nitrogen and oxygen atoms in total. The predicted octanol–water partition coefficient (Wildman–Crippen LogP) is 3.77. The molecule has 2 fully saturated rings. The van der Waals surface area contributed by atoms with E-state index in [-0.39, 0.29) is 17.6 Å². The van der Waals surface area contributed by atoms with Crippen molar-refractivity contribution in [2.45, 2.75) is 38.8 Å². The van der Waals surface area contributed by atoms with Gasteiger partial charge in [0.25, 0.3) is 5.91 Å². The first-order chi connectivity index (χ1) is 19.9. The van der Waals surface area contributed by atoms with E-state index >= 15 is 0 Å². The molecule has 3 N–H and O–H groups in total. The number of fused-ring (bicyclic) bond motifs is 1. The SMILES string of the molecule is CCOc1cccc(F)c1CN1CCN(C(=O)[C@H](OC(N)=O)C2CCN(CCc3c[nH]c4ccccc34)CC2)CC1. The fourth-order valence-electron chi connectivity index (χ4n) is 6.08. The number of hydrogen-bond acceptors (Lipinski definition) is 6. The standard InChI is InChI=1S/C31H40FN5O4/c1-2-40-28-9-5-7-26(32)25(28)21-36-16-18-37(19-17-36)30(38)29(41-31(33)39)22-10-13-35(14-11-22)15-12-23-20-34-27-8-4-3-6-24(23)27/h3-9,20,22,29,34H,2,10-19,21H2,1H3,(H2,33,39)/t29-/m1/s1. The summed E-state index contributed by atoms with van der Waals surface area (Å²) in [5.74, 6) is -0.0167. The third kappa shape index (κ3) is 7.00. The second-order valence-corrected chi connectivity index (χ2v) is 10.9. The number of likely N-dealkylation sites (tertiary alicyclic amines) is 1. The summed E-state index contributed by atoms with van der Waals surface area (Å²) in [5, 5.41) is 1.26. The summed E-state index contributed by atoms with van der Waals surface area (Å²) in [6.07, 6.45) is 2.73. The lowest BCUT2D eigenvalue weighted by Gasteiger charge is -2.39. The highest BCUT2D eigenvalue weighted by atomic mass is 19.1. The van der Waals surface area contributed by atoms with E-state index in [1.54, 1.807) is 17.0 Å². The first kappa shape index (κ1) is 28.9. The van der Waals surface area contributed by atoms with Crippen LogP contribution < -0.4 is 10.5 Å². The number of carbonyl (C=O) groups is 2. The number of carbonyl (C=O) groups excluding carboxylic acids is 2. The number of halogens is 1. The number of para-hydroxylation sites is 1. The zero-order valence-electron chi connectivity index (χ0n) is 23.7. The molecule has 2 aliphatic heterocycles. The number of nitrogens with zero attached hydrogens (tertiary/aromatic N) is 3. The highest BCUT2D eigenvalue weighted by molar-refractivity contribution is 5.84. The summed E-state index contributed by atoms with van der Waals surface area (Å²) < 4.78 is 25.6. The number of ether oxygens (including phenoxy) is 2. The molecule has 2 amide bonds. The largest absolute Gasteiger partial charge is 0.493 e. The molecule has 3 aromatic rings. The molecular formula is C31H40FN5O4. The van der Waals surface area contributed by atoms with Crippen molar-refractivity contribution in [3.05, 3.63) is 65.6 Å². The molecule has 2 aromatic carbocycles. The van der Waals surface area contributed by atoms with Gasteiger partial charge in [-0.05, 0) is 63.0 Å². The lowest BCUT2D eigenvalue weighted by Crippen LogP contribution is -2.54. The third-order valence-corrected chi connectivity index (χ3v) is 8.36. The third-order valence-electron chi connectivity index (χ3n) is 8.36. The molecule has 1 aromatic heterocycles. The Kier molecular flexibility index (Phi) is 9.41. The van der Waals surface area contributed by atoms with E-state index < -0.39 is 12.2 Å². The number of aromatic nitrogens is 1. The molecule has 0 aliphatic carbocycles. The summed E-state index contributed by atoms with van der Waals surface area (Å²) in [6.45, 7) is 7.44. The van der Waals surface area contributed by atoms with Crippen LogP contribution in [-0.2, 0) is 22.5 Å². The van der Waals surface area contributed by atoms with Crippen LogP contribution >= 0.6 is 0 Å². The molecule has 10 heteroatoms. The van der Waals surface area contributed by atoms with Gasteiger partial charge in [0, 0.05) is 67.8 Å². The van der Waals surface area contributed by atoms with Crippen molar-refractivity contribution in [1.82, 2.24) is 19.7 Å². The molecule has 5 rings (SSSR count). The van der Waals surface area contributed by atoms with E-state index in [4.69, 9.17) is 15.2 Å². The van der Waals surface area contributed by atoms with Gasteiger partial charge in [-0.25, -0.2) is 9.18 Å². The number of nitrogens with two attached hydrogens (primary N) is 1. The van der Waals surface area contributed by atoms with Crippen molar-refractivity contribution < 1.29 is 23.5 Å². The van der Waals surface area contributed by atoms with Crippen LogP contribution in [0.2, 0.25) is 0 Å². The van der Waals surface area contributed by atoms with Crippen LogP contribution in [0.15, 0.2) is 48.7 Å². The summed E-state index contributed by atoms with van der Waals surface area (Å²) in [6, 6.07) is 13.2. The molecule has 3 heterocycles. The van der Waals surface area contributed by atoms with Gasteiger partial charge in [-0.3, -0.25) is 9.69 Å². The number of hydrogen-bond donors (Lipinski definition) is 2. The molecule has 0 bridgehead atoms. The summed E-state index contributed by atoms with van der Waals surface area (Å²) in [5.41, 5.74) is 8.38. The molecule has 2 saturated heterocycles. The molecule has 0 saturated carbocycles. The molecule has 0 radical (unpaired) electrons. The first-order valence-electron chi connectivity index (χ1n) is 14.6. The van der Waals surface area contributed by atoms with Gasteiger partial charge in [0.15, 0.2) is 6.10 Å². The van der Waals surface area contributed by atoms with Crippen molar-refractivity contribution in [2.24, 2.45) is 11.7 Å². The summed E-state index contributed by atoms with van der Waals surface area (Å²) in [7, 11) is 0. The predicted molar refractivity (Wildman–Crippen MR) is 155 cm³/mol. The van der Waals surface area contributed by atoms with Crippen molar-refractivity contribution in [3.63, 3.8) is 0 Å². The zero-order valence-corrected chi connectivity index (χ0v) is 23.7. The molecular weight excluding hydrogens is 525 g/mol. The lowest BCUT2D eigenvalue weighted by molar-refractivity contribution is -0.146. The maximum absolute atomic E-state index is 14.5. The van der Waals surface area contributed by atoms with Crippen LogP contribution in [0.5, 0.6) is 5.75 Å². The van der Waals surface area contributed by atoms with E-state index in [1.165, 1.54) is 17.0 Å². The minimum absolute atomic E-state index is 0.0791. The Balaban J connectivity index is 1.13. The topological polar surface area (TPSA) is 104 Å². The van der Waals surface area contributed by atoms with E-state index in [0.717, 1.165) is 44.4 Å². The van der Waals surface area contributed by atoms with Gasteiger partial charge in [-0.1, -0.05) is 24.3 Å². The van der Waals surface area contributed by atoms with Gasteiger partial charge in [0.05, 0.1) is 6.61 Å². The fraction of sp³-hybridized carbons (Fsp3) is 0.484. The van der Waals surface area contributed by atoms with Crippen LogP contribution in [0.4, 0.5) is 9.18 Å². The number of aromatic amines is 1. The number of piperazine rings is 1. The quantitative estimate of drug-likeness (QED) is 0.388. The Morgan fingerprint density at radius 2 is 1.78 bits per heavy atom. The molecule has 0 spiro atoms. The molecule has 220 valence electrons. The number of rotatable bonds is 10. The smallest absolute Gasteiger partial charge is 0.405 e. The number of primary amides is 1. The molecule has 1 atom stereocenters. The maximum atomic E-state index is 14.5. The van der Waals surface area contributed by atoms with Crippen LogP contribution in [-0.4, -0.2) is 90.2 Å². The Labute approximate surface area is 240 Å². The van der Waals surface area contributed by atoms with Crippen LogP contribution in [0.1, 0.15) is 30.9 Å². The van der Waals surface area contributed by atoms with Crippen molar-refractivity contribution in [1.29, 1.82) is 0 Å². The molecule has 41 heavy (non-hydrogen) atoms. The average Bonchev–Trinajstić information content (AvgIpc) is 3.40. The average molecular weight is 566 g/mol. The van der Waals surface area contributed by atoms with Crippen molar-refractivity contribution >= 4 is 22.9 Å². The fourth-order valence-corrected chi connectivity index (χ4v) is 6.08. The van der Waals surface area contributed by atoms with Crippen molar-refractivity contribution in [2.75, 3.05) is 52.4 Å². The number of nitrogens with one attached hydrogen (secondary N) is 1. The molecule has 0 unspecified atom stereocenters. The first-order valence-corrected chi connectivity index (χ1v) is 14.6. The number of H-pyrrole nitrogens is 1. The van der Waals surface area contributed by atoms with Gasteiger partial charge in [-0.2, -0.15) is 0 Å². The van der Waals surface area contributed by atoms with E-state index in [1.807, 2.05) is 13.0 Å². The van der Waals surface area contributed by atoms with Gasteiger partial charge < -0.3 is 30.0 Å². The Morgan fingerprint density at radius 1 is 1.02 bits per heavy atom. The van der Waals surface area contributed by atoms with Crippen LogP contribution in [0.25, 0.3) is 10.9 Å². The normalized spacial score (nSPS) is 18.0. The van der Waals surface area contributed by atoms with Gasteiger partial charge >= 0.3 is 6.09 Å². The van der Waals surface area contributed by atoms with E-state index in [0.29, 0.717) is 50.6 Å². The highest BCUT2D eigenvalue weighted by Crippen LogP contribution is 2.27. The van der Waals surface area contributed by atoms with Crippen LogP contribution in [0.3, 0.4) is 0 Å². The van der Waals surface area contributed by atoms with Gasteiger partial charge in [-0.15, -0.1) is 0 Å². The number of benzene rings is 2. The monoisotopic (exact) mass is 565 g/mol. The molecule has 2 aliphatic rings. The second-order valence-electron chi connectivity index (χ2n) is 10.9. The number of amides is 2. The Morgan fingerprint density at radius 3 is 2.51 bits per heavy atom. The number of piperidine rings is 1. The second kappa shape index (κ2) is 13.4. The minimum atomic E-state index is -0.924. The zero-order chi connectivity index (χ0) is 28.8. The summed E-state index contributed by atoms with van der Waals surface area (Å²) >= 11 is 0. The Hall–Kier alpha value is -3.63. The minimum Gasteiger partial charge on any atom is -0.493 e. The maximum Gasteiger partial charge on any atom is 0.405 e. The van der Waals surface area contributed by atoms with E-state index in [2.05, 4.69) is 39.2 Å². The van der Waals surface area contributed by atoms with E-state index in [9.17, 15) is 14.0 Å². The van der Waals surface area contributed by atoms with Crippen molar-refractivity contribution in [3.8, 4) is 5.75 Å². The summed E-state index contributed by atoms with van der Waals surface area (Å²) in [4.78, 5) is 34.9. The highest BCUT2D eigenvalue weighted by Gasteiger charge is 2.37. The van der Waals surface area contributed by atoms with Crippen LogP contribution in [0, 0.1) is 11.7 Å². The van der Waals surface area contributed by atoms with Gasteiger partial charge in [0.2, 0.25) is 0 Å².